The maximum absolute atomic E-state index is 12.6. The smallest absolute Gasteiger partial charge is 0.169 e. The monoisotopic (exact) mass is 290 g/mol. The summed E-state index contributed by atoms with van der Waals surface area (Å²) in [6, 6.07) is 6.13. The van der Waals surface area contributed by atoms with Gasteiger partial charge in [-0.2, -0.15) is 0 Å². The van der Waals surface area contributed by atoms with Crippen molar-refractivity contribution in [3.8, 4) is 0 Å². The van der Waals surface area contributed by atoms with Crippen molar-refractivity contribution in [3.05, 3.63) is 46.0 Å². The predicted molar refractivity (Wildman–Crippen MR) is 72.2 cm³/mol. The predicted octanol–water partition coefficient (Wildman–Crippen LogP) is 4.30. The molecular weight excluding hydrogens is 276 g/mol. The Labute approximate surface area is 110 Å². The Morgan fingerprint density at radius 3 is 2.53 bits per heavy atom. The number of carbonyl (C=O) groups excluding carboxylic acids is 1. The first kappa shape index (κ1) is 11.2. The molecule has 3 rings (SSSR count). The Balaban J connectivity index is 2.00. The molecule has 0 atom stereocenters. The van der Waals surface area contributed by atoms with E-state index < -0.39 is 0 Å². The molecule has 0 amide bonds. The number of benzene rings is 1. The van der Waals surface area contributed by atoms with Crippen LogP contribution in [-0.4, -0.2) is 5.78 Å². The lowest BCUT2D eigenvalue weighted by atomic mass is 9.77. The van der Waals surface area contributed by atoms with Crippen LogP contribution in [-0.2, 0) is 6.42 Å². The second-order valence-corrected chi connectivity index (χ2v) is 6.05. The van der Waals surface area contributed by atoms with Crippen LogP contribution >= 0.6 is 15.9 Å². The normalized spacial score (nSPS) is 21.6. The fourth-order valence-electron chi connectivity index (χ4n) is 3.13. The first-order valence-corrected chi connectivity index (χ1v) is 6.99. The van der Waals surface area contributed by atoms with Crippen molar-refractivity contribution >= 4 is 21.7 Å². The molecular formula is C15H15BrO. The lowest BCUT2D eigenvalue weighted by Crippen LogP contribution is -2.27. The van der Waals surface area contributed by atoms with Crippen LogP contribution in [0.1, 0.15) is 41.6 Å². The van der Waals surface area contributed by atoms with E-state index in [1.807, 2.05) is 12.1 Å². The van der Waals surface area contributed by atoms with Gasteiger partial charge in [0.1, 0.15) is 0 Å². The minimum Gasteiger partial charge on any atom is -0.294 e. The van der Waals surface area contributed by atoms with Crippen LogP contribution in [0.15, 0.2) is 34.8 Å². The third-order valence-electron chi connectivity index (χ3n) is 4.07. The maximum Gasteiger partial charge on any atom is 0.169 e. The molecule has 0 bridgehead atoms. The van der Waals surface area contributed by atoms with Gasteiger partial charge in [-0.25, -0.2) is 0 Å². The number of ketones is 1. The molecule has 1 spiro atoms. The summed E-state index contributed by atoms with van der Waals surface area (Å²) in [6.07, 6.45) is 9.49. The minimum absolute atomic E-state index is 0.105. The Morgan fingerprint density at radius 2 is 1.82 bits per heavy atom. The molecule has 2 aliphatic rings. The van der Waals surface area contributed by atoms with E-state index in [1.165, 1.54) is 5.56 Å². The van der Waals surface area contributed by atoms with Crippen LogP contribution in [0.25, 0.3) is 0 Å². The van der Waals surface area contributed by atoms with Crippen molar-refractivity contribution < 1.29 is 4.79 Å². The Kier molecular flexibility index (Phi) is 2.70. The van der Waals surface area contributed by atoms with E-state index in [0.29, 0.717) is 5.78 Å². The van der Waals surface area contributed by atoms with Gasteiger partial charge in [0.15, 0.2) is 5.78 Å². The third kappa shape index (κ3) is 1.79. The number of hydrogen-bond acceptors (Lipinski definition) is 1. The van der Waals surface area contributed by atoms with Gasteiger partial charge in [0.2, 0.25) is 0 Å². The number of fused-ring (bicyclic) bond motifs is 1. The molecule has 0 N–H and O–H groups in total. The van der Waals surface area contributed by atoms with Gasteiger partial charge in [-0.3, -0.25) is 4.79 Å². The molecule has 0 aromatic heterocycles. The summed E-state index contributed by atoms with van der Waals surface area (Å²) in [7, 11) is 0. The average Bonchev–Trinajstić information content (AvgIpc) is 2.51. The second kappa shape index (κ2) is 4.09. The fraction of sp³-hybridized carbons (Fsp3) is 0.400. The number of rotatable bonds is 0. The lowest BCUT2D eigenvalue weighted by molar-refractivity contribution is 0.0795. The zero-order valence-corrected chi connectivity index (χ0v) is 11.3. The average molecular weight is 291 g/mol. The SMILES string of the molecule is O=C1c2cc(Br)ccc2CC12CCC=CCC2. The van der Waals surface area contributed by atoms with Crippen LogP contribution in [0.3, 0.4) is 0 Å². The van der Waals surface area contributed by atoms with Gasteiger partial charge in [-0.1, -0.05) is 34.1 Å². The Bertz CT molecular complexity index is 492. The van der Waals surface area contributed by atoms with E-state index in [2.05, 4.69) is 34.1 Å². The molecule has 1 aromatic carbocycles. The van der Waals surface area contributed by atoms with Crippen molar-refractivity contribution in [1.29, 1.82) is 0 Å². The highest BCUT2D eigenvalue weighted by Gasteiger charge is 2.44. The molecule has 0 fully saturated rings. The van der Waals surface area contributed by atoms with Crippen LogP contribution in [0, 0.1) is 5.41 Å². The molecule has 0 radical (unpaired) electrons. The number of carbonyl (C=O) groups is 1. The molecule has 1 nitrogen and oxygen atoms in total. The largest absolute Gasteiger partial charge is 0.294 e. The van der Waals surface area contributed by atoms with Gasteiger partial charge in [0.05, 0.1) is 0 Å². The highest BCUT2D eigenvalue weighted by Crippen LogP contribution is 2.45. The number of halogens is 1. The molecule has 0 unspecified atom stereocenters. The summed E-state index contributed by atoms with van der Waals surface area (Å²) in [5, 5.41) is 0. The molecule has 1 aromatic rings. The standard InChI is InChI=1S/C15H15BrO/c16-12-6-5-11-10-15(14(17)13(11)9-12)7-3-1-2-4-8-15/h1-2,5-6,9H,3-4,7-8,10H2. The van der Waals surface area contributed by atoms with Crippen LogP contribution in [0.2, 0.25) is 0 Å². The highest BCUT2D eigenvalue weighted by atomic mass is 79.9. The number of allylic oxidation sites excluding steroid dienone is 2. The van der Waals surface area contributed by atoms with Crippen molar-refractivity contribution in [1.82, 2.24) is 0 Å². The molecule has 17 heavy (non-hydrogen) atoms. The third-order valence-corrected chi connectivity index (χ3v) is 4.57. The molecule has 88 valence electrons. The number of Topliss-reactive ketones (excluding diaryl/α,β-unsaturated/α-hetero) is 1. The molecule has 0 aliphatic heterocycles. The van der Waals surface area contributed by atoms with Gasteiger partial charge in [-0.15, -0.1) is 0 Å². The molecule has 0 saturated carbocycles. The van der Waals surface area contributed by atoms with Crippen molar-refractivity contribution in [3.63, 3.8) is 0 Å². The zero-order chi connectivity index (χ0) is 11.9. The summed E-state index contributed by atoms with van der Waals surface area (Å²) in [6.45, 7) is 0. The van der Waals surface area contributed by atoms with Gasteiger partial charge in [-0.05, 0) is 49.8 Å². The lowest BCUT2D eigenvalue weighted by Gasteiger charge is -2.25. The van der Waals surface area contributed by atoms with Gasteiger partial charge in [0, 0.05) is 15.5 Å². The topological polar surface area (TPSA) is 17.1 Å². The molecule has 2 heteroatoms. The summed E-state index contributed by atoms with van der Waals surface area (Å²) in [5.74, 6) is 0.373. The van der Waals surface area contributed by atoms with Crippen molar-refractivity contribution in [2.24, 2.45) is 5.41 Å². The Hall–Kier alpha value is -0.890. The summed E-state index contributed by atoms with van der Waals surface area (Å²) in [5.41, 5.74) is 2.08. The summed E-state index contributed by atoms with van der Waals surface area (Å²) < 4.78 is 1.01. The van der Waals surface area contributed by atoms with Crippen LogP contribution < -0.4 is 0 Å². The highest BCUT2D eigenvalue weighted by molar-refractivity contribution is 9.10. The van der Waals surface area contributed by atoms with E-state index in [4.69, 9.17) is 0 Å². The van der Waals surface area contributed by atoms with E-state index in [9.17, 15) is 4.79 Å². The quantitative estimate of drug-likeness (QED) is 0.651. The van der Waals surface area contributed by atoms with Crippen molar-refractivity contribution in [2.45, 2.75) is 32.1 Å². The number of hydrogen-bond donors (Lipinski definition) is 0. The first-order chi connectivity index (χ1) is 8.21. The zero-order valence-electron chi connectivity index (χ0n) is 9.71. The van der Waals surface area contributed by atoms with Gasteiger partial charge >= 0.3 is 0 Å². The van der Waals surface area contributed by atoms with Gasteiger partial charge in [0.25, 0.3) is 0 Å². The molecule has 2 aliphatic carbocycles. The molecule has 0 saturated heterocycles. The van der Waals surface area contributed by atoms with Crippen molar-refractivity contribution in [2.75, 3.05) is 0 Å². The second-order valence-electron chi connectivity index (χ2n) is 5.14. The Morgan fingerprint density at radius 1 is 1.12 bits per heavy atom. The van der Waals surface area contributed by atoms with Gasteiger partial charge < -0.3 is 0 Å². The fourth-order valence-corrected chi connectivity index (χ4v) is 3.49. The minimum atomic E-state index is -0.105. The maximum atomic E-state index is 12.6. The van der Waals surface area contributed by atoms with Crippen LogP contribution in [0.4, 0.5) is 0 Å². The van der Waals surface area contributed by atoms with Crippen LogP contribution in [0.5, 0.6) is 0 Å². The summed E-state index contributed by atoms with van der Waals surface area (Å²) >= 11 is 3.46. The molecule has 0 heterocycles. The van der Waals surface area contributed by atoms with E-state index >= 15 is 0 Å². The van der Waals surface area contributed by atoms with E-state index in [-0.39, 0.29) is 5.41 Å². The first-order valence-electron chi connectivity index (χ1n) is 6.20. The van der Waals surface area contributed by atoms with E-state index in [1.54, 1.807) is 0 Å². The summed E-state index contributed by atoms with van der Waals surface area (Å²) in [4.78, 5) is 12.6. The van der Waals surface area contributed by atoms with E-state index in [0.717, 1.165) is 42.1 Å².